The Bertz CT molecular complexity index is 391. The lowest BCUT2D eigenvalue weighted by Gasteiger charge is -2.60. The molecule has 0 bridgehead atoms. The van der Waals surface area contributed by atoms with Crippen molar-refractivity contribution in [2.75, 3.05) is 0 Å². The van der Waals surface area contributed by atoms with Crippen molar-refractivity contribution in [2.24, 2.45) is 29.1 Å². The molecule has 4 saturated carbocycles. The SMILES string of the molecule is OC1CCC(C(C2CCCCC2)(C2CCCCC2)C2CCC(O)CC2)CC1. The van der Waals surface area contributed by atoms with Gasteiger partial charge in [-0.1, -0.05) is 38.5 Å². The molecule has 0 spiro atoms. The quantitative estimate of drug-likeness (QED) is 0.610. The maximum absolute atomic E-state index is 10.2. The second kappa shape index (κ2) is 9.16. The average Bonchev–Trinajstić information content (AvgIpc) is 2.73. The van der Waals surface area contributed by atoms with Gasteiger partial charge in [0, 0.05) is 0 Å². The van der Waals surface area contributed by atoms with Crippen LogP contribution in [0, 0.1) is 29.1 Å². The molecule has 0 aromatic heterocycles. The third-order valence-electron chi connectivity index (χ3n) is 9.43. The van der Waals surface area contributed by atoms with Crippen molar-refractivity contribution < 1.29 is 10.2 Å². The van der Waals surface area contributed by atoms with Gasteiger partial charge in [-0.15, -0.1) is 0 Å². The zero-order chi connectivity index (χ0) is 18.7. The number of hydrogen-bond acceptors (Lipinski definition) is 2. The molecule has 0 heterocycles. The second-order valence-corrected chi connectivity index (χ2v) is 10.7. The Morgan fingerprint density at radius 3 is 1.00 bits per heavy atom. The van der Waals surface area contributed by atoms with Gasteiger partial charge in [-0.2, -0.15) is 0 Å². The van der Waals surface area contributed by atoms with E-state index in [-0.39, 0.29) is 12.2 Å². The van der Waals surface area contributed by atoms with Gasteiger partial charge in [-0.05, 0) is 106 Å². The van der Waals surface area contributed by atoms with Crippen LogP contribution in [0.4, 0.5) is 0 Å². The van der Waals surface area contributed by atoms with E-state index < -0.39 is 0 Å². The zero-order valence-electron chi connectivity index (χ0n) is 17.6. The molecule has 2 heteroatoms. The van der Waals surface area contributed by atoms with Gasteiger partial charge in [0.05, 0.1) is 12.2 Å². The first-order valence-corrected chi connectivity index (χ1v) is 12.6. The molecule has 2 N–H and O–H groups in total. The van der Waals surface area contributed by atoms with E-state index in [4.69, 9.17) is 0 Å². The molecule has 27 heavy (non-hydrogen) atoms. The van der Waals surface area contributed by atoms with Crippen LogP contribution in [0.2, 0.25) is 0 Å². The molecule has 4 rings (SSSR count). The van der Waals surface area contributed by atoms with Crippen LogP contribution < -0.4 is 0 Å². The van der Waals surface area contributed by atoms with Gasteiger partial charge < -0.3 is 10.2 Å². The monoisotopic (exact) mass is 376 g/mol. The van der Waals surface area contributed by atoms with Crippen molar-refractivity contribution in [3.8, 4) is 0 Å². The van der Waals surface area contributed by atoms with Crippen LogP contribution in [0.5, 0.6) is 0 Å². The lowest BCUT2D eigenvalue weighted by atomic mass is 9.45. The molecule has 4 aliphatic carbocycles. The summed E-state index contributed by atoms with van der Waals surface area (Å²) in [5.74, 6) is 3.53. The lowest BCUT2D eigenvalue weighted by molar-refractivity contribution is -0.120. The molecule has 0 aromatic rings. The Kier molecular flexibility index (Phi) is 6.85. The van der Waals surface area contributed by atoms with E-state index in [9.17, 15) is 10.2 Å². The summed E-state index contributed by atoms with van der Waals surface area (Å²) in [7, 11) is 0. The van der Waals surface area contributed by atoms with Crippen LogP contribution in [0.15, 0.2) is 0 Å². The van der Waals surface area contributed by atoms with Crippen LogP contribution in [0.25, 0.3) is 0 Å². The predicted molar refractivity (Wildman–Crippen MR) is 112 cm³/mol. The highest BCUT2D eigenvalue weighted by atomic mass is 16.3. The van der Waals surface area contributed by atoms with Crippen molar-refractivity contribution >= 4 is 0 Å². The normalized spacial score (nSPS) is 38.0. The average molecular weight is 377 g/mol. The van der Waals surface area contributed by atoms with Gasteiger partial charge in [0.1, 0.15) is 0 Å². The molecule has 0 aromatic carbocycles. The van der Waals surface area contributed by atoms with Crippen molar-refractivity contribution in [3.05, 3.63) is 0 Å². The first kappa shape index (κ1) is 20.2. The molecule has 0 aliphatic heterocycles. The van der Waals surface area contributed by atoms with Gasteiger partial charge in [0.2, 0.25) is 0 Å². The fourth-order valence-electron chi connectivity index (χ4n) is 8.36. The predicted octanol–water partition coefficient (Wildman–Crippen LogP) is 6.24. The first-order chi connectivity index (χ1) is 13.2. The molecule has 4 aliphatic rings. The van der Waals surface area contributed by atoms with Gasteiger partial charge in [-0.25, -0.2) is 0 Å². The third-order valence-corrected chi connectivity index (χ3v) is 9.43. The van der Waals surface area contributed by atoms with E-state index in [1.165, 1.54) is 89.9 Å². The minimum absolute atomic E-state index is 0.0372. The van der Waals surface area contributed by atoms with E-state index >= 15 is 0 Å². The summed E-state index contributed by atoms with van der Waals surface area (Å²) in [6, 6.07) is 0. The Morgan fingerprint density at radius 1 is 0.370 bits per heavy atom. The Hall–Kier alpha value is -0.0800. The molecule has 4 fully saturated rings. The molecule has 0 atom stereocenters. The summed E-state index contributed by atoms with van der Waals surface area (Å²) < 4.78 is 0. The minimum atomic E-state index is -0.0372. The first-order valence-electron chi connectivity index (χ1n) is 12.6. The van der Waals surface area contributed by atoms with E-state index in [1.54, 1.807) is 0 Å². The molecule has 2 nitrogen and oxygen atoms in total. The molecular formula is C25H44O2. The summed E-state index contributed by atoms with van der Waals surface area (Å²) in [5, 5.41) is 20.5. The summed E-state index contributed by atoms with van der Waals surface area (Å²) in [6.45, 7) is 0. The van der Waals surface area contributed by atoms with E-state index in [2.05, 4.69) is 0 Å². The van der Waals surface area contributed by atoms with Crippen molar-refractivity contribution in [2.45, 2.75) is 128 Å². The van der Waals surface area contributed by atoms with Crippen LogP contribution in [-0.2, 0) is 0 Å². The van der Waals surface area contributed by atoms with Crippen LogP contribution in [-0.4, -0.2) is 22.4 Å². The highest BCUT2D eigenvalue weighted by molar-refractivity contribution is 5.04. The van der Waals surface area contributed by atoms with Crippen LogP contribution in [0.1, 0.15) is 116 Å². The number of aliphatic hydroxyl groups is 2. The maximum atomic E-state index is 10.2. The fraction of sp³-hybridized carbons (Fsp3) is 1.00. The third kappa shape index (κ3) is 4.13. The van der Waals surface area contributed by atoms with Gasteiger partial charge in [-0.3, -0.25) is 0 Å². The topological polar surface area (TPSA) is 40.5 Å². The highest BCUT2D eigenvalue weighted by Gasteiger charge is 2.55. The standard InChI is InChI=1S/C25H44O2/c26-23-15-11-21(12-16-23)25(19-7-3-1-4-8-19,20-9-5-2-6-10-20)22-13-17-24(27)18-14-22/h19-24,26-27H,1-18H2. The van der Waals surface area contributed by atoms with Crippen molar-refractivity contribution in [3.63, 3.8) is 0 Å². The molecular weight excluding hydrogens is 332 g/mol. The largest absolute Gasteiger partial charge is 0.393 e. The maximum Gasteiger partial charge on any atom is 0.0540 e. The van der Waals surface area contributed by atoms with Gasteiger partial charge in [0.15, 0.2) is 0 Å². The van der Waals surface area contributed by atoms with Crippen molar-refractivity contribution in [1.29, 1.82) is 0 Å². The lowest BCUT2D eigenvalue weighted by Crippen LogP contribution is -2.53. The highest BCUT2D eigenvalue weighted by Crippen LogP contribution is 2.62. The van der Waals surface area contributed by atoms with Crippen LogP contribution >= 0.6 is 0 Å². The Balaban J connectivity index is 1.69. The molecule has 0 saturated heterocycles. The summed E-state index contributed by atoms with van der Waals surface area (Å²) >= 11 is 0. The number of aliphatic hydroxyl groups excluding tert-OH is 2. The van der Waals surface area contributed by atoms with Crippen LogP contribution in [0.3, 0.4) is 0 Å². The molecule has 0 radical (unpaired) electrons. The van der Waals surface area contributed by atoms with E-state index in [1.807, 2.05) is 0 Å². The molecule has 156 valence electrons. The van der Waals surface area contributed by atoms with Gasteiger partial charge >= 0.3 is 0 Å². The summed E-state index contributed by atoms with van der Waals surface area (Å²) in [4.78, 5) is 0. The Morgan fingerprint density at radius 2 is 0.667 bits per heavy atom. The van der Waals surface area contributed by atoms with E-state index in [0.717, 1.165) is 49.4 Å². The molecule has 0 amide bonds. The second-order valence-electron chi connectivity index (χ2n) is 10.7. The minimum Gasteiger partial charge on any atom is -0.393 e. The molecule has 0 unspecified atom stereocenters. The fourth-order valence-corrected chi connectivity index (χ4v) is 8.36. The zero-order valence-corrected chi connectivity index (χ0v) is 17.6. The number of rotatable bonds is 4. The summed E-state index contributed by atoms with van der Waals surface area (Å²) in [5.41, 5.74) is 0.529. The van der Waals surface area contributed by atoms with Crippen molar-refractivity contribution in [1.82, 2.24) is 0 Å². The Labute approximate surface area is 167 Å². The summed E-state index contributed by atoms with van der Waals surface area (Å²) in [6.07, 6.45) is 23.7. The smallest absolute Gasteiger partial charge is 0.0540 e. The van der Waals surface area contributed by atoms with E-state index in [0.29, 0.717) is 5.41 Å². The number of hydrogen-bond donors (Lipinski definition) is 2. The van der Waals surface area contributed by atoms with Gasteiger partial charge in [0.25, 0.3) is 0 Å².